The topological polar surface area (TPSA) is 39.8 Å². The van der Waals surface area contributed by atoms with E-state index in [-0.39, 0.29) is 0 Å². The second kappa shape index (κ2) is 3.00. The molecule has 0 aliphatic carbocycles. The lowest BCUT2D eigenvalue weighted by Crippen LogP contribution is -2.02. The van der Waals surface area contributed by atoms with Crippen LogP contribution in [-0.4, -0.2) is 15.6 Å². The van der Waals surface area contributed by atoms with Crippen molar-refractivity contribution in [3.8, 4) is 0 Å². The van der Waals surface area contributed by atoms with Crippen molar-refractivity contribution in [2.24, 2.45) is 0 Å². The fourth-order valence-electron chi connectivity index (χ4n) is 1.62. The van der Waals surface area contributed by atoms with Crippen LogP contribution < -0.4 is 5.32 Å². The first-order valence-corrected chi connectivity index (χ1v) is 4.84. The summed E-state index contributed by atoms with van der Waals surface area (Å²) < 4.78 is 2.14. The molecule has 1 fully saturated rings. The highest BCUT2D eigenvalue weighted by Crippen LogP contribution is 2.33. The van der Waals surface area contributed by atoms with E-state index in [2.05, 4.69) is 34.1 Å². The molecule has 1 saturated heterocycles. The van der Waals surface area contributed by atoms with E-state index in [4.69, 9.17) is 0 Å². The van der Waals surface area contributed by atoms with Crippen LogP contribution in [0.15, 0.2) is 12.3 Å². The van der Waals surface area contributed by atoms with E-state index in [9.17, 15) is 0 Å². The van der Waals surface area contributed by atoms with Gasteiger partial charge in [0, 0.05) is 18.1 Å². The molecule has 1 aromatic heterocycles. The van der Waals surface area contributed by atoms with E-state index in [0.29, 0.717) is 12.1 Å². The van der Waals surface area contributed by atoms with Gasteiger partial charge in [-0.2, -0.15) is 0 Å². The smallest absolute Gasteiger partial charge is 0.132 e. The van der Waals surface area contributed by atoms with Crippen LogP contribution in [0.2, 0.25) is 0 Å². The average molecular weight is 177 g/mol. The molecular weight excluding hydrogens is 162 g/mol. The van der Waals surface area contributed by atoms with Crippen LogP contribution in [0.1, 0.15) is 31.4 Å². The van der Waals surface area contributed by atoms with Gasteiger partial charge in [0.05, 0.1) is 12.1 Å². The second-order valence-electron chi connectivity index (χ2n) is 3.14. The highest BCUT2D eigenvalue weighted by Gasteiger charge is 2.40. The van der Waals surface area contributed by atoms with Crippen LogP contribution in [0, 0.1) is 6.92 Å². The van der Waals surface area contributed by atoms with Gasteiger partial charge in [-0.1, -0.05) is 13.8 Å². The van der Waals surface area contributed by atoms with E-state index in [1.54, 1.807) is 0 Å². The van der Waals surface area contributed by atoms with Gasteiger partial charge < -0.3 is 4.57 Å². The van der Waals surface area contributed by atoms with Crippen molar-refractivity contribution >= 4 is 6.20 Å². The number of hydrogen-bond donors (Lipinski definition) is 1. The summed E-state index contributed by atoms with van der Waals surface area (Å²) in [6, 6.07) is 1.05. The van der Waals surface area contributed by atoms with Gasteiger partial charge in [-0.25, -0.2) is 4.98 Å². The van der Waals surface area contributed by atoms with Crippen LogP contribution in [0.4, 0.5) is 0 Å². The van der Waals surface area contributed by atoms with Gasteiger partial charge in [0.2, 0.25) is 0 Å². The Bertz CT molecular complexity index is 338. The lowest BCUT2D eigenvalue weighted by molar-refractivity contribution is 0.857. The highest BCUT2D eigenvalue weighted by atomic mass is 15.2. The Balaban J connectivity index is 0.000000308. The molecule has 3 heterocycles. The average Bonchev–Trinajstić information content (AvgIpc) is 2.89. The second-order valence-corrected chi connectivity index (χ2v) is 3.14. The monoisotopic (exact) mass is 177 g/mol. The highest BCUT2D eigenvalue weighted by molar-refractivity contribution is 5.41. The normalized spacial score (nSPS) is 27.0. The van der Waals surface area contributed by atoms with Gasteiger partial charge in [0.1, 0.15) is 5.82 Å². The third-order valence-electron chi connectivity index (χ3n) is 2.35. The molecule has 2 unspecified atom stereocenters. The van der Waals surface area contributed by atoms with Crippen molar-refractivity contribution in [2.75, 3.05) is 0 Å². The van der Waals surface area contributed by atoms with Crippen LogP contribution in [0.3, 0.4) is 0 Å². The number of fused-ring (bicyclic) bond motifs is 3. The van der Waals surface area contributed by atoms with E-state index in [1.807, 2.05) is 20.0 Å². The van der Waals surface area contributed by atoms with Crippen LogP contribution in [0.5, 0.6) is 0 Å². The molecule has 70 valence electrons. The molecule has 13 heavy (non-hydrogen) atoms. The van der Waals surface area contributed by atoms with Gasteiger partial charge in [0.15, 0.2) is 0 Å². The molecule has 1 aromatic rings. The molecule has 3 nitrogen and oxygen atoms in total. The molecule has 0 amide bonds. The molecule has 0 spiro atoms. The molecule has 3 rings (SSSR count). The van der Waals surface area contributed by atoms with E-state index in [0.717, 1.165) is 5.82 Å². The molecule has 3 heteroatoms. The molecule has 2 aliphatic heterocycles. The first-order valence-electron chi connectivity index (χ1n) is 4.84. The Morgan fingerprint density at radius 3 is 3.00 bits per heavy atom. The van der Waals surface area contributed by atoms with Gasteiger partial charge in [-0.05, 0) is 13.0 Å². The first kappa shape index (κ1) is 8.51. The number of aryl methyl sites for hydroxylation is 1. The maximum Gasteiger partial charge on any atom is 0.132 e. The molecule has 0 radical (unpaired) electrons. The Labute approximate surface area is 78.5 Å². The summed E-state index contributed by atoms with van der Waals surface area (Å²) in [7, 11) is 0. The van der Waals surface area contributed by atoms with Crippen molar-refractivity contribution in [3.63, 3.8) is 0 Å². The van der Waals surface area contributed by atoms with Gasteiger partial charge in [0.25, 0.3) is 0 Å². The fraction of sp³-hybridized carbons (Fsp3) is 0.500. The summed E-state index contributed by atoms with van der Waals surface area (Å²) in [6.07, 6.45) is 6.20. The summed E-state index contributed by atoms with van der Waals surface area (Å²) in [6.45, 7) is 6.07. The summed E-state index contributed by atoms with van der Waals surface area (Å²) in [5, 5.41) is 3.33. The van der Waals surface area contributed by atoms with E-state index >= 15 is 0 Å². The fourth-order valence-corrected chi connectivity index (χ4v) is 1.62. The number of hydrogen-bond acceptors (Lipinski definition) is 2. The molecule has 0 saturated carbocycles. The maximum atomic E-state index is 4.33. The minimum atomic E-state index is 0.494. The maximum absolute atomic E-state index is 4.33. The lowest BCUT2D eigenvalue weighted by atomic mass is 10.2. The molecular formula is C10H15N3. The third-order valence-corrected chi connectivity index (χ3v) is 2.35. The minimum Gasteiger partial charge on any atom is -0.307 e. The SMILES string of the molecule is CC.Cc1cnc2n1C=CC1NC21. The summed E-state index contributed by atoms with van der Waals surface area (Å²) in [5.41, 5.74) is 1.21. The Hall–Kier alpha value is -1.09. The number of nitrogens with one attached hydrogen (secondary N) is 1. The zero-order valence-electron chi connectivity index (χ0n) is 8.28. The lowest BCUT2D eigenvalue weighted by Gasteiger charge is -2.05. The molecule has 2 atom stereocenters. The van der Waals surface area contributed by atoms with E-state index in [1.165, 1.54) is 5.69 Å². The Morgan fingerprint density at radius 1 is 1.46 bits per heavy atom. The number of nitrogens with zero attached hydrogens (tertiary/aromatic N) is 2. The van der Waals surface area contributed by atoms with Crippen molar-refractivity contribution in [1.82, 2.24) is 14.9 Å². The summed E-state index contributed by atoms with van der Waals surface area (Å²) >= 11 is 0. The molecule has 0 aromatic carbocycles. The zero-order valence-corrected chi connectivity index (χ0v) is 8.28. The van der Waals surface area contributed by atoms with Gasteiger partial charge in [-0.15, -0.1) is 0 Å². The molecule has 0 bridgehead atoms. The Kier molecular flexibility index (Phi) is 1.96. The van der Waals surface area contributed by atoms with Crippen LogP contribution >= 0.6 is 0 Å². The predicted octanol–water partition coefficient (Wildman–Crippen LogP) is 1.71. The van der Waals surface area contributed by atoms with Crippen LogP contribution in [-0.2, 0) is 0 Å². The molecule has 1 N–H and O–H groups in total. The van der Waals surface area contributed by atoms with Crippen molar-refractivity contribution in [2.45, 2.75) is 32.9 Å². The van der Waals surface area contributed by atoms with Crippen LogP contribution in [0.25, 0.3) is 6.20 Å². The zero-order chi connectivity index (χ0) is 9.42. The minimum absolute atomic E-state index is 0.494. The summed E-state index contributed by atoms with van der Waals surface area (Å²) in [4.78, 5) is 4.33. The predicted molar refractivity (Wildman–Crippen MR) is 53.3 cm³/mol. The van der Waals surface area contributed by atoms with Gasteiger partial charge >= 0.3 is 0 Å². The number of imidazole rings is 1. The molecule has 2 aliphatic rings. The third kappa shape index (κ3) is 1.20. The largest absolute Gasteiger partial charge is 0.307 e. The standard InChI is InChI=1S/C8H9N3.C2H6/c1-5-4-9-8-7-6(10-7)2-3-11(5)8;1-2/h2-4,6-7,10H,1H3;1-2H3. The van der Waals surface area contributed by atoms with Gasteiger partial charge in [-0.3, -0.25) is 5.32 Å². The first-order chi connectivity index (χ1) is 6.36. The number of aromatic nitrogens is 2. The summed E-state index contributed by atoms with van der Waals surface area (Å²) in [5.74, 6) is 1.16. The van der Waals surface area contributed by atoms with Crippen molar-refractivity contribution < 1.29 is 0 Å². The quantitative estimate of drug-likeness (QED) is 0.613. The van der Waals surface area contributed by atoms with E-state index < -0.39 is 0 Å². The number of rotatable bonds is 0. The van der Waals surface area contributed by atoms with Crippen molar-refractivity contribution in [3.05, 3.63) is 23.8 Å². The van der Waals surface area contributed by atoms with Crippen molar-refractivity contribution in [1.29, 1.82) is 0 Å². The Morgan fingerprint density at radius 2 is 2.23 bits per heavy atom.